The lowest BCUT2D eigenvalue weighted by atomic mass is 10.3. The fourth-order valence-corrected chi connectivity index (χ4v) is 3.14. The number of rotatable bonds is 2. The van der Waals surface area contributed by atoms with Crippen LogP contribution < -0.4 is 4.90 Å². The largest absolute Gasteiger partial charge is 0.339 e. The van der Waals surface area contributed by atoms with Gasteiger partial charge in [-0.3, -0.25) is 0 Å². The molecule has 1 fully saturated rings. The maximum absolute atomic E-state index is 5.76. The Labute approximate surface area is 109 Å². The van der Waals surface area contributed by atoms with Crippen molar-refractivity contribution in [1.29, 1.82) is 0 Å². The minimum Gasteiger partial charge on any atom is -0.339 e. The van der Waals surface area contributed by atoms with E-state index >= 15 is 0 Å². The number of halogens is 2. The van der Waals surface area contributed by atoms with Crippen LogP contribution in [0.1, 0.15) is 13.3 Å². The number of aromatic nitrogens is 3. The van der Waals surface area contributed by atoms with Crippen molar-refractivity contribution in [2.24, 2.45) is 0 Å². The Morgan fingerprint density at radius 1 is 1.31 bits per heavy atom. The highest BCUT2D eigenvalue weighted by molar-refractivity contribution is 8.00. The molecular formula is C9H12Cl2N4S. The fraction of sp³-hybridized carbons (Fsp3) is 0.667. The Morgan fingerprint density at radius 3 is 2.62 bits per heavy atom. The number of hydrogen-bond acceptors (Lipinski definition) is 5. The number of anilines is 1. The third kappa shape index (κ3) is 2.90. The second-order valence-electron chi connectivity index (χ2n) is 3.52. The molecule has 1 aromatic rings. The van der Waals surface area contributed by atoms with Gasteiger partial charge < -0.3 is 4.90 Å². The zero-order valence-electron chi connectivity index (χ0n) is 8.86. The Balaban J connectivity index is 2.16. The summed E-state index contributed by atoms with van der Waals surface area (Å²) in [7, 11) is 0. The summed E-state index contributed by atoms with van der Waals surface area (Å²) >= 11 is 13.5. The van der Waals surface area contributed by atoms with Crippen molar-refractivity contribution in [3.63, 3.8) is 0 Å². The van der Waals surface area contributed by atoms with E-state index in [9.17, 15) is 0 Å². The third-order valence-electron chi connectivity index (χ3n) is 2.45. The predicted octanol–water partition coefficient (Wildman–Crippen LogP) is 2.51. The molecule has 2 rings (SSSR count). The molecular weight excluding hydrogens is 267 g/mol. The molecule has 0 spiro atoms. The molecule has 2 heterocycles. The summed E-state index contributed by atoms with van der Waals surface area (Å²) in [5, 5.41) is 0.936. The van der Waals surface area contributed by atoms with Gasteiger partial charge in [0.2, 0.25) is 16.5 Å². The smallest absolute Gasteiger partial charge is 0.231 e. The summed E-state index contributed by atoms with van der Waals surface area (Å²) in [6, 6.07) is 0. The van der Waals surface area contributed by atoms with E-state index in [1.165, 1.54) is 0 Å². The summed E-state index contributed by atoms with van der Waals surface area (Å²) in [5.74, 6) is 1.67. The van der Waals surface area contributed by atoms with Crippen molar-refractivity contribution in [2.75, 3.05) is 23.7 Å². The van der Waals surface area contributed by atoms with Gasteiger partial charge in [0.25, 0.3) is 0 Å². The van der Waals surface area contributed by atoms with Crippen LogP contribution in [0.4, 0.5) is 5.95 Å². The third-order valence-corrected chi connectivity index (χ3v) is 4.16. The van der Waals surface area contributed by atoms with Gasteiger partial charge >= 0.3 is 0 Å². The van der Waals surface area contributed by atoms with Crippen molar-refractivity contribution in [2.45, 2.75) is 18.6 Å². The fourth-order valence-electron chi connectivity index (χ4n) is 1.61. The maximum atomic E-state index is 5.76. The van der Waals surface area contributed by atoms with Crippen LogP contribution in [0.5, 0.6) is 0 Å². The standard InChI is InChI=1S/C9H12Cl2N4S/c1-2-6-5-15(3-4-16-6)9-13-7(10)12-8(11)14-9/h6H,2-5H2,1H3. The monoisotopic (exact) mass is 278 g/mol. The second-order valence-corrected chi connectivity index (χ2v) is 5.60. The van der Waals surface area contributed by atoms with E-state index in [1.54, 1.807) is 0 Å². The first kappa shape index (κ1) is 12.2. The van der Waals surface area contributed by atoms with Gasteiger partial charge in [-0.05, 0) is 29.6 Å². The molecule has 1 aromatic heterocycles. The van der Waals surface area contributed by atoms with Crippen LogP contribution in [0.3, 0.4) is 0 Å². The predicted molar refractivity (Wildman–Crippen MR) is 68.6 cm³/mol. The van der Waals surface area contributed by atoms with Crippen molar-refractivity contribution in [3.05, 3.63) is 10.6 Å². The van der Waals surface area contributed by atoms with E-state index in [0.29, 0.717) is 11.2 Å². The lowest BCUT2D eigenvalue weighted by Gasteiger charge is -2.31. The lowest BCUT2D eigenvalue weighted by molar-refractivity contribution is 0.707. The van der Waals surface area contributed by atoms with Gasteiger partial charge in [-0.2, -0.15) is 26.7 Å². The molecule has 0 N–H and O–H groups in total. The van der Waals surface area contributed by atoms with Crippen LogP contribution in [-0.4, -0.2) is 39.0 Å². The van der Waals surface area contributed by atoms with E-state index in [-0.39, 0.29) is 10.6 Å². The molecule has 0 saturated carbocycles. The average Bonchev–Trinajstić information content (AvgIpc) is 2.28. The molecule has 1 atom stereocenters. The van der Waals surface area contributed by atoms with Crippen molar-refractivity contribution in [3.8, 4) is 0 Å². The van der Waals surface area contributed by atoms with Gasteiger partial charge in [-0.25, -0.2) is 0 Å². The molecule has 1 aliphatic rings. The van der Waals surface area contributed by atoms with E-state index < -0.39 is 0 Å². The molecule has 1 aliphatic heterocycles. The highest BCUT2D eigenvalue weighted by Crippen LogP contribution is 2.24. The van der Waals surface area contributed by atoms with Gasteiger partial charge in [0, 0.05) is 24.1 Å². The van der Waals surface area contributed by atoms with Crippen LogP contribution in [0.2, 0.25) is 10.6 Å². The minimum absolute atomic E-state index is 0.154. The zero-order valence-corrected chi connectivity index (χ0v) is 11.2. The van der Waals surface area contributed by atoms with E-state index in [2.05, 4.69) is 26.8 Å². The summed E-state index contributed by atoms with van der Waals surface area (Å²) in [6.07, 6.45) is 1.15. The van der Waals surface area contributed by atoms with Crippen molar-refractivity contribution >= 4 is 40.9 Å². The van der Waals surface area contributed by atoms with E-state index in [0.717, 1.165) is 25.3 Å². The van der Waals surface area contributed by atoms with Crippen molar-refractivity contribution < 1.29 is 0 Å². The molecule has 0 radical (unpaired) electrons. The molecule has 1 unspecified atom stereocenters. The normalized spacial score (nSPS) is 21.2. The average molecular weight is 279 g/mol. The Bertz CT molecular complexity index is 356. The van der Waals surface area contributed by atoms with Crippen LogP contribution in [0.15, 0.2) is 0 Å². The highest BCUT2D eigenvalue weighted by atomic mass is 35.5. The first-order chi connectivity index (χ1) is 7.69. The van der Waals surface area contributed by atoms with Gasteiger partial charge in [-0.15, -0.1) is 0 Å². The van der Waals surface area contributed by atoms with Crippen molar-refractivity contribution in [1.82, 2.24) is 15.0 Å². The molecule has 16 heavy (non-hydrogen) atoms. The summed E-state index contributed by atoms with van der Waals surface area (Å²) in [6.45, 7) is 4.06. The first-order valence-corrected chi connectivity index (χ1v) is 6.93. The molecule has 0 amide bonds. The lowest BCUT2D eigenvalue weighted by Crippen LogP contribution is -2.38. The summed E-state index contributed by atoms with van der Waals surface area (Å²) in [4.78, 5) is 14.1. The van der Waals surface area contributed by atoms with Crippen LogP contribution in [0.25, 0.3) is 0 Å². The van der Waals surface area contributed by atoms with Gasteiger partial charge in [0.15, 0.2) is 0 Å². The molecule has 0 aromatic carbocycles. The first-order valence-electron chi connectivity index (χ1n) is 5.12. The SMILES string of the molecule is CCC1CN(c2nc(Cl)nc(Cl)n2)CCS1. The molecule has 1 saturated heterocycles. The van der Waals surface area contributed by atoms with Crippen LogP contribution in [-0.2, 0) is 0 Å². The quantitative estimate of drug-likeness (QED) is 0.832. The highest BCUT2D eigenvalue weighted by Gasteiger charge is 2.21. The number of thioether (sulfide) groups is 1. The Hall–Kier alpha value is -0.260. The summed E-state index contributed by atoms with van der Waals surface area (Å²) < 4.78 is 0. The second kappa shape index (κ2) is 5.38. The Morgan fingerprint density at radius 2 is 2.00 bits per heavy atom. The zero-order chi connectivity index (χ0) is 11.5. The topological polar surface area (TPSA) is 41.9 Å². The van der Waals surface area contributed by atoms with Gasteiger partial charge in [-0.1, -0.05) is 6.92 Å². The van der Waals surface area contributed by atoms with Crippen LogP contribution in [0, 0.1) is 0 Å². The summed E-state index contributed by atoms with van der Waals surface area (Å²) in [5.41, 5.74) is 0. The number of nitrogens with zero attached hydrogens (tertiary/aromatic N) is 4. The van der Waals surface area contributed by atoms with Crippen LogP contribution >= 0.6 is 35.0 Å². The molecule has 4 nitrogen and oxygen atoms in total. The van der Waals surface area contributed by atoms with Gasteiger partial charge in [0.1, 0.15) is 0 Å². The molecule has 88 valence electrons. The molecule has 7 heteroatoms. The van der Waals surface area contributed by atoms with E-state index in [1.807, 2.05) is 11.8 Å². The van der Waals surface area contributed by atoms with Gasteiger partial charge in [0.05, 0.1) is 0 Å². The Kier molecular flexibility index (Phi) is 4.10. The number of hydrogen-bond donors (Lipinski definition) is 0. The molecule has 0 bridgehead atoms. The maximum Gasteiger partial charge on any atom is 0.231 e. The molecule has 0 aliphatic carbocycles. The minimum atomic E-state index is 0.154. The van der Waals surface area contributed by atoms with E-state index in [4.69, 9.17) is 23.2 Å².